The molecule has 0 aliphatic carbocycles. The molecule has 112 valence electrons. The van der Waals surface area contributed by atoms with Crippen molar-refractivity contribution in [2.24, 2.45) is 5.92 Å². The number of benzene rings is 1. The number of rotatable bonds is 5. The summed E-state index contributed by atoms with van der Waals surface area (Å²) in [4.78, 5) is 11.8. The second-order valence-corrected chi connectivity index (χ2v) is 8.08. The van der Waals surface area contributed by atoms with Gasteiger partial charge in [-0.05, 0) is 24.1 Å². The van der Waals surface area contributed by atoms with Gasteiger partial charge in [-0.25, -0.2) is 0 Å². The molecule has 0 bridgehead atoms. The predicted octanol–water partition coefficient (Wildman–Crippen LogP) is 4.72. The van der Waals surface area contributed by atoms with Crippen LogP contribution in [-0.4, -0.2) is 15.9 Å². The molecule has 2 N–H and O–H groups in total. The van der Waals surface area contributed by atoms with Crippen molar-refractivity contribution < 1.29 is 4.79 Å². The molecular weight excluding hydrogens is 386 g/mol. The fourth-order valence-corrected chi connectivity index (χ4v) is 2.26. The lowest BCUT2D eigenvalue weighted by Crippen LogP contribution is -2.49. The molecule has 3 nitrogen and oxygen atoms in total. The number of halogens is 4. The highest BCUT2D eigenvalue weighted by Gasteiger charge is 2.34. The molecule has 1 aromatic rings. The summed E-state index contributed by atoms with van der Waals surface area (Å²) < 4.78 is -0.770. The molecule has 20 heavy (non-hydrogen) atoms. The molecule has 0 spiro atoms. The Hall–Kier alpha value is -0.160. The number of carbonyl (C=O) groups excluding carboxylic acids is 1. The molecule has 0 aromatic heterocycles. The number of alkyl halides is 3. The maximum Gasteiger partial charge on any atom is 0.228 e. The molecule has 0 aliphatic rings. The molecule has 1 aromatic carbocycles. The van der Waals surface area contributed by atoms with Gasteiger partial charge in [-0.15, -0.1) is 0 Å². The van der Waals surface area contributed by atoms with Gasteiger partial charge in [0.2, 0.25) is 9.70 Å². The summed E-state index contributed by atoms with van der Waals surface area (Å²) in [5, 5.41) is 5.70. The minimum Gasteiger partial charge on any atom is -0.362 e. The van der Waals surface area contributed by atoms with Crippen LogP contribution >= 0.6 is 50.7 Å². The SMILES string of the molecule is CC(C)CC(=O)N[C@@H](Nc1cccc(Br)c1)C(Cl)(Cl)Cl. The standard InChI is InChI=1S/C13H16BrCl3N2O/c1-8(2)6-11(20)19-12(13(15,16)17)18-10-5-3-4-9(14)7-10/h3-5,7-8,12,18H,6H2,1-2H3,(H,19,20)/t12-/m1/s1. The Labute approximate surface area is 142 Å². The largest absolute Gasteiger partial charge is 0.362 e. The Morgan fingerprint density at radius 1 is 1.35 bits per heavy atom. The van der Waals surface area contributed by atoms with Crippen molar-refractivity contribution in [3.8, 4) is 0 Å². The van der Waals surface area contributed by atoms with E-state index in [9.17, 15) is 4.79 Å². The van der Waals surface area contributed by atoms with Crippen molar-refractivity contribution in [2.75, 3.05) is 5.32 Å². The number of hydrogen-bond donors (Lipinski definition) is 2. The van der Waals surface area contributed by atoms with Crippen LogP contribution in [0.15, 0.2) is 28.7 Å². The lowest BCUT2D eigenvalue weighted by molar-refractivity contribution is -0.122. The van der Waals surface area contributed by atoms with Crippen LogP contribution in [0.5, 0.6) is 0 Å². The Morgan fingerprint density at radius 2 is 2.00 bits per heavy atom. The lowest BCUT2D eigenvalue weighted by Gasteiger charge is -2.27. The number of nitrogens with one attached hydrogen (secondary N) is 2. The molecule has 7 heteroatoms. The maximum absolute atomic E-state index is 11.8. The topological polar surface area (TPSA) is 41.1 Å². The van der Waals surface area contributed by atoms with E-state index in [-0.39, 0.29) is 11.8 Å². The zero-order valence-electron chi connectivity index (χ0n) is 11.1. The van der Waals surface area contributed by atoms with E-state index in [1.165, 1.54) is 0 Å². The minimum atomic E-state index is -1.66. The van der Waals surface area contributed by atoms with Crippen LogP contribution in [0.3, 0.4) is 0 Å². The molecule has 1 amide bonds. The van der Waals surface area contributed by atoms with Crippen molar-refractivity contribution in [1.82, 2.24) is 5.32 Å². The van der Waals surface area contributed by atoms with Gasteiger partial charge in [-0.3, -0.25) is 4.79 Å². The first kappa shape index (κ1) is 17.9. The van der Waals surface area contributed by atoms with Crippen LogP contribution in [0.4, 0.5) is 5.69 Å². The first-order valence-electron chi connectivity index (χ1n) is 6.06. The minimum absolute atomic E-state index is 0.168. The van der Waals surface area contributed by atoms with Gasteiger partial charge in [0.25, 0.3) is 0 Å². The molecule has 0 heterocycles. The van der Waals surface area contributed by atoms with Gasteiger partial charge in [0.05, 0.1) is 0 Å². The van der Waals surface area contributed by atoms with Crippen molar-refractivity contribution in [2.45, 2.75) is 30.2 Å². The second-order valence-electron chi connectivity index (χ2n) is 4.79. The smallest absolute Gasteiger partial charge is 0.228 e. The van der Waals surface area contributed by atoms with Gasteiger partial charge in [-0.1, -0.05) is 70.6 Å². The zero-order chi connectivity index (χ0) is 15.3. The summed E-state index contributed by atoms with van der Waals surface area (Å²) in [7, 11) is 0. The monoisotopic (exact) mass is 400 g/mol. The summed E-state index contributed by atoms with van der Waals surface area (Å²) in [6.45, 7) is 3.90. The van der Waals surface area contributed by atoms with Gasteiger partial charge < -0.3 is 10.6 Å². The normalized spacial score (nSPS) is 13.2. The quantitative estimate of drug-likeness (QED) is 0.553. The fraction of sp³-hybridized carbons (Fsp3) is 0.462. The van der Waals surface area contributed by atoms with E-state index in [4.69, 9.17) is 34.8 Å². The van der Waals surface area contributed by atoms with Crippen LogP contribution < -0.4 is 10.6 Å². The van der Waals surface area contributed by atoms with E-state index in [0.717, 1.165) is 10.2 Å². The third-order valence-corrected chi connectivity index (χ3v) is 3.51. The maximum atomic E-state index is 11.8. The van der Waals surface area contributed by atoms with Crippen LogP contribution in [0.2, 0.25) is 0 Å². The number of amides is 1. The Kier molecular flexibility index (Phi) is 6.92. The molecule has 0 saturated carbocycles. The predicted molar refractivity (Wildman–Crippen MR) is 89.4 cm³/mol. The average Bonchev–Trinajstić information content (AvgIpc) is 2.25. The van der Waals surface area contributed by atoms with E-state index in [1.54, 1.807) is 0 Å². The summed E-state index contributed by atoms with van der Waals surface area (Å²) >= 11 is 21.1. The molecule has 1 atom stereocenters. The van der Waals surface area contributed by atoms with Crippen LogP contribution in [0.1, 0.15) is 20.3 Å². The molecule has 1 rings (SSSR count). The highest BCUT2D eigenvalue weighted by atomic mass is 79.9. The van der Waals surface area contributed by atoms with Gasteiger partial charge in [0.1, 0.15) is 6.17 Å². The van der Waals surface area contributed by atoms with Crippen LogP contribution in [0.25, 0.3) is 0 Å². The van der Waals surface area contributed by atoms with E-state index in [0.29, 0.717) is 6.42 Å². The summed E-state index contributed by atoms with van der Waals surface area (Å²) in [6, 6.07) is 7.38. The molecule has 0 unspecified atom stereocenters. The number of carbonyl (C=O) groups is 1. The Morgan fingerprint density at radius 3 is 2.50 bits per heavy atom. The summed E-state index contributed by atoms with van der Waals surface area (Å²) in [5.74, 6) is 0.0655. The van der Waals surface area contributed by atoms with E-state index >= 15 is 0 Å². The van der Waals surface area contributed by atoms with Gasteiger partial charge in [0, 0.05) is 16.6 Å². The fourth-order valence-electron chi connectivity index (χ4n) is 1.54. The first-order chi connectivity index (χ1) is 9.18. The Bertz CT molecular complexity index is 463. The highest BCUT2D eigenvalue weighted by molar-refractivity contribution is 9.10. The first-order valence-corrected chi connectivity index (χ1v) is 7.99. The van der Waals surface area contributed by atoms with E-state index in [1.807, 2.05) is 38.1 Å². The van der Waals surface area contributed by atoms with Crippen molar-refractivity contribution >= 4 is 62.3 Å². The average molecular weight is 403 g/mol. The van der Waals surface area contributed by atoms with E-state index in [2.05, 4.69) is 26.6 Å². The molecule has 0 radical (unpaired) electrons. The third kappa shape index (κ3) is 6.53. The highest BCUT2D eigenvalue weighted by Crippen LogP contribution is 2.31. The van der Waals surface area contributed by atoms with Crippen LogP contribution in [-0.2, 0) is 4.79 Å². The molecular formula is C13H16BrCl3N2O. The molecule has 0 fully saturated rings. The van der Waals surface area contributed by atoms with Crippen molar-refractivity contribution in [3.63, 3.8) is 0 Å². The van der Waals surface area contributed by atoms with Gasteiger partial charge >= 0.3 is 0 Å². The van der Waals surface area contributed by atoms with Crippen molar-refractivity contribution in [3.05, 3.63) is 28.7 Å². The zero-order valence-corrected chi connectivity index (χ0v) is 14.9. The van der Waals surface area contributed by atoms with Gasteiger partial charge in [-0.2, -0.15) is 0 Å². The number of anilines is 1. The van der Waals surface area contributed by atoms with Crippen molar-refractivity contribution in [1.29, 1.82) is 0 Å². The lowest BCUT2D eigenvalue weighted by atomic mass is 10.1. The molecule has 0 saturated heterocycles. The van der Waals surface area contributed by atoms with E-state index < -0.39 is 9.96 Å². The Balaban J connectivity index is 2.78. The summed E-state index contributed by atoms with van der Waals surface area (Å²) in [6.07, 6.45) is -0.440. The summed E-state index contributed by atoms with van der Waals surface area (Å²) in [5.41, 5.74) is 0.737. The molecule has 0 aliphatic heterocycles. The number of hydrogen-bond acceptors (Lipinski definition) is 2. The van der Waals surface area contributed by atoms with Crippen LogP contribution in [0, 0.1) is 5.92 Å². The second kappa shape index (κ2) is 7.74. The third-order valence-electron chi connectivity index (χ3n) is 2.36. The van der Waals surface area contributed by atoms with Gasteiger partial charge in [0.15, 0.2) is 0 Å².